The van der Waals surface area contributed by atoms with Crippen LogP contribution in [0, 0.1) is 46.3 Å². The molecule has 6 nitrogen and oxygen atoms in total. The van der Waals surface area contributed by atoms with Gasteiger partial charge >= 0.3 is 0 Å². The first kappa shape index (κ1) is 51.3. The number of nitrogens with zero attached hydrogens (tertiary/aromatic N) is 4. The maximum absolute atomic E-state index is 11.6. The molecule has 0 saturated heterocycles. The first-order valence-electron chi connectivity index (χ1n) is 27.8. The molecule has 6 heteroatoms. The molecule has 7 aromatic carbocycles. The smallest absolute Gasteiger partial charge is 0.214 e. The van der Waals surface area contributed by atoms with Crippen molar-refractivity contribution in [1.82, 2.24) is 0 Å². The molecule has 2 heterocycles. The number of rotatable bonds is 22. The van der Waals surface area contributed by atoms with Crippen LogP contribution in [-0.4, -0.2) is 26.2 Å². The topological polar surface area (TPSA) is 80.3 Å². The van der Waals surface area contributed by atoms with Gasteiger partial charge < -0.3 is 18.6 Å². The van der Waals surface area contributed by atoms with Crippen LogP contribution in [0.2, 0.25) is 0 Å². The summed E-state index contributed by atoms with van der Waals surface area (Å²) >= 11 is 0. The van der Waals surface area contributed by atoms with E-state index in [2.05, 4.69) is 183 Å². The Morgan fingerprint density at radius 2 is 0.635 bits per heavy atom. The van der Waals surface area contributed by atoms with E-state index in [1.54, 1.807) is 0 Å². The fourth-order valence-electron chi connectivity index (χ4n) is 10.9. The highest BCUT2D eigenvalue weighted by molar-refractivity contribution is 6.13. The van der Waals surface area contributed by atoms with Crippen molar-refractivity contribution in [3.05, 3.63) is 143 Å². The predicted octanol–water partition coefficient (Wildman–Crippen LogP) is 18.3. The Labute approximate surface area is 438 Å². The third-order valence-corrected chi connectivity index (χ3v) is 14.8. The van der Waals surface area contributed by atoms with E-state index in [1.165, 1.54) is 0 Å². The minimum absolute atomic E-state index is 0.422. The molecule has 0 aliphatic carbocycles. The molecule has 0 N–H and O–H groups in total. The molecule has 9 rings (SSSR count). The summed E-state index contributed by atoms with van der Waals surface area (Å²) in [5.74, 6) is 15.9. The lowest BCUT2D eigenvalue weighted by Crippen LogP contribution is -2.26. The molecule has 0 aliphatic rings. The van der Waals surface area contributed by atoms with Crippen LogP contribution in [0.5, 0.6) is 0 Å². The third-order valence-electron chi connectivity index (χ3n) is 14.8. The number of hydrogen-bond donors (Lipinski definition) is 0. The number of hydrogen-bond acceptors (Lipinski definition) is 6. The molecule has 0 fully saturated rings. The van der Waals surface area contributed by atoms with Crippen LogP contribution in [-0.2, 0) is 0 Å². The lowest BCUT2D eigenvalue weighted by atomic mass is 9.94. The van der Waals surface area contributed by atoms with Gasteiger partial charge in [-0.15, -0.1) is 0 Å². The first-order valence-corrected chi connectivity index (χ1v) is 27.8. The van der Waals surface area contributed by atoms with Gasteiger partial charge in [-0.3, -0.25) is 0 Å². The standard InChI is InChI=1S/C68H70N4O2/c1-5-9-13-25-41-71(42-26-14-10-6-2)67-61(47-69)63-59(39-37-57-53-33-21-17-29-49(53)45-50-30-18-22-34-54(50)57)66-64(62(48-70)68(74-66)72(43-27-15-11-7-3)44-28-16-12-8-4)60(65(63)73-67)40-38-58-55-35-23-19-31-51(55)46-52-32-20-24-36-56(52)58/h17-24,29-36,45-46H,5-16,25-28,41-44H2,1-4H3. The molecule has 0 bridgehead atoms. The van der Waals surface area contributed by atoms with Crippen LogP contribution in [0.4, 0.5) is 11.8 Å². The lowest BCUT2D eigenvalue weighted by molar-refractivity contribution is 0.543. The summed E-state index contributed by atoms with van der Waals surface area (Å²) in [7, 11) is 0. The summed E-state index contributed by atoms with van der Waals surface area (Å²) in [4.78, 5) is 4.59. The average molecular weight is 975 g/mol. The quantitative estimate of drug-likeness (QED) is 0.0382. The Morgan fingerprint density at radius 1 is 0.351 bits per heavy atom. The van der Waals surface area contributed by atoms with Crippen LogP contribution in [0.3, 0.4) is 0 Å². The Morgan fingerprint density at radius 3 is 0.919 bits per heavy atom. The number of nitriles is 2. The molecule has 0 radical (unpaired) electrons. The summed E-state index contributed by atoms with van der Waals surface area (Å²) in [5.41, 5.74) is 4.62. The van der Waals surface area contributed by atoms with Crippen LogP contribution < -0.4 is 9.80 Å². The molecule has 0 amide bonds. The van der Waals surface area contributed by atoms with Crippen molar-refractivity contribution in [2.24, 2.45) is 0 Å². The second-order valence-corrected chi connectivity index (χ2v) is 20.1. The van der Waals surface area contributed by atoms with Gasteiger partial charge in [-0.2, -0.15) is 10.5 Å². The molecule has 0 saturated carbocycles. The molecule has 0 spiro atoms. The van der Waals surface area contributed by atoms with Crippen molar-refractivity contribution in [1.29, 1.82) is 10.5 Å². The SMILES string of the molecule is CCCCCCN(CCCCCC)c1oc2c(C#Cc3c4ccccc4cc4ccccc34)c3c(C#N)c(N(CCCCCC)CCCCCC)oc3c(C#Cc3c4ccccc4cc4ccccc34)c2c1C#N. The Bertz CT molecular complexity index is 3280. The number of anilines is 2. The number of unbranched alkanes of at least 4 members (excludes halogenated alkanes) is 12. The highest BCUT2D eigenvalue weighted by atomic mass is 16.4. The summed E-state index contributed by atoms with van der Waals surface area (Å²) < 4.78 is 14.6. The van der Waals surface area contributed by atoms with E-state index in [0.717, 1.165) is 183 Å². The van der Waals surface area contributed by atoms with Gasteiger partial charge in [0.05, 0.1) is 21.9 Å². The van der Waals surface area contributed by atoms with Gasteiger partial charge in [0.25, 0.3) is 0 Å². The average Bonchev–Trinajstić information content (AvgIpc) is 4.03. The summed E-state index contributed by atoms with van der Waals surface area (Å²) in [6.45, 7) is 11.9. The molecule has 0 unspecified atom stereocenters. The second kappa shape index (κ2) is 24.9. The highest BCUT2D eigenvalue weighted by Gasteiger charge is 2.32. The largest absolute Gasteiger partial charge is 0.438 e. The molecular formula is C68H70N4O2. The number of fused-ring (bicyclic) bond motifs is 6. The molecule has 0 atom stereocenters. The summed E-state index contributed by atoms with van der Waals surface area (Å²) in [5, 5.41) is 33.0. The highest BCUT2D eigenvalue weighted by Crippen LogP contribution is 2.46. The van der Waals surface area contributed by atoms with Crippen molar-refractivity contribution in [2.45, 2.75) is 130 Å². The van der Waals surface area contributed by atoms with Crippen molar-refractivity contribution >= 4 is 76.8 Å². The van der Waals surface area contributed by atoms with E-state index in [4.69, 9.17) is 8.83 Å². The van der Waals surface area contributed by atoms with Crippen molar-refractivity contribution < 1.29 is 8.83 Å². The van der Waals surface area contributed by atoms with E-state index in [9.17, 15) is 10.5 Å². The Kier molecular flexibility index (Phi) is 17.2. The van der Waals surface area contributed by atoms with E-state index in [-0.39, 0.29) is 0 Å². The minimum atomic E-state index is 0.422. The maximum atomic E-state index is 11.6. The third kappa shape index (κ3) is 10.8. The van der Waals surface area contributed by atoms with Crippen molar-refractivity contribution in [2.75, 3.05) is 36.0 Å². The van der Waals surface area contributed by atoms with E-state index >= 15 is 0 Å². The normalized spacial score (nSPS) is 11.3. The molecule has 2 aromatic heterocycles. The first-order chi connectivity index (χ1) is 36.5. The Hall–Kier alpha value is -7.64. The van der Waals surface area contributed by atoms with Gasteiger partial charge in [0, 0.05) is 37.3 Å². The number of benzene rings is 7. The van der Waals surface area contributed by atoms with Gasteiger partial charge in [-0.25, -0.2) is 0 Å². The summed E-state index contributed by atoms with van der Waals surface area (Å²) in [6, 6.07) is 43.4. The van der Waals surface area contributed by atoms with E-state index < -0.39 is 0 Å². The van der Waals surface area contributed by atoms with Crippen molar-refractivity contribution in [3.63, 3.8) is 0 Å². The van der Waals surface area contributed by atoms with Crippen LogP contribution in [0.25, 0.3) is 65.0 Å². The van der Waals surface area contributed by atoms with Gasteiger partial charge in [0.2, 0.25) is 11.8 Å². The zero-order valence-electron chi connectivity index (χ0n) is 44.1. The minimum Gasteiger partial charge on any atom is -0.438 e. The van der Waals surface area contributed by atoms with Crippen LogP contribution in [0.15, 0.2) is 118 Å². The van der Waals surface area contributed by atoms with Gasteiger partial charge in [-0.1, -0.05) is 225 Å². The molecule has 9 aromatic rings. The van der Waals surface area contributed by atoms with Gasteiger partial charge in [0.1, 0.15) is 23.3 Å². The van der Waals surface area contributed by atoms with Gasteiger partial charge in [-0.05, 0) is 80.9 Å². The Balaban J connectivity index is 1.40. The molecule has 374 valence electrons. The molecule has 74 heavy (non-hydrogen) atoms. The summed E-state index contributed by atoms with van der Waals surface area (Å²) in [6.07, 6.45) is 17.3. The number of furan rings is 2. The fraction of sp³-hybridized carbons (Fsp3) is 0.353. The zero-order valence-corrected chi connectivity index (χ0v) is 44.1. The van der Waals surface area contributed by atoms with E-state index in [1.807, 2.05) is 0 Å². The fourth-order valence-corrected chi connectivity index (χ4v) is 10.9. The molecular weight excluding hydrogens is 905 g/mol. The van der Waals surface area contributed by atoms with Gasteiger partial charge in [0.15, 0.2) is 11.2 Å². The lowest BCUT2D eigenvalue weighted by Gasteiger charge is -2.22. The maximum Gasteiger partial charge on any atom is 0.214 e. The van der Waals surface area contributed by atoms with Crippen LogP contribution >= 0.6 is 0 Å². The molecule has 0 aliphatic heterocycles. The zero-order chi connectivity index (χ0) is 51.2. The van der Waals surface area contributed by atoms with Crippen molar-refractivity contribution in [3.8, 4) is 35.8 Å². The predicted molar refractivity (Wildman–Crippen MR) is 311 cm³/mol. The monoisotopic (exact) mass is 975 g/mol. The second-order valence-electron chi connectivity index (χ2n) is 20.1. The van der Waals surface area contributed by atoms with Crippen LogP contribution in [0.1, 0.15) is 164 Å². The van der Waals surface area contributed by atoms with E-state index in [0.29, 0.717) is 56.0 Å².